The third kappa shape index (κ3) is 5.09. The predicted octanol–water partition coefficient (Wildman–Crippen LogP) is 4.69. The predicted molar refractivity (Wildman–Crippen MR) is 92.2 cm³/mol. The van der Waals surface area contributed by atoms with Crippen LogP contribution in [0.2, 0.25) is 0 Å². The number of hydrogen-bond donors (Lipinski definition) is 2. The second kappa shape index (κ2) is 8.33. The van der Waals surface area contributed by atoms with Crippen LogP contribution in [0.1, 0.15) is 32.3 Å². The van der Waals surface area contributed by atoms with Gasteiger partial charge in [-0.05, 0) is 43.6 Å². The van der Waals surface area contributed by atoms with Crippen LogP contribution in [0.5, 0.6) is 0 Å². The van der Waals surface area contributed by atoms with Crippen LogP contribution in [0.15, 0.2) is 30.5 Å². The first kappa shape index (κ1) is 18.5. The molecule has 2 aromatic rings. The second-order valence-electron chi connectivity index (χ2n) is 6.09. The molecule has 2 N–H and O–H groups in total. The molecule has 0 radical (unpaired) electrons. The van der Waals surface area contributed by atoms with Gasteiger partial charge in [-0.3, -0.25) is 4.98 Å². The molecule has 24 heavy (non-hydrogen) atoms. The van der Waals surface area contributed by atoms with Gasteiger partial charge in [0.15, 0.2) is 0 Å². The molecular formula is C18H24F3N3. The molecule has 0 bridgehead atoms. The number of halogens is 3. The largest absolute Gasteiger partial charge is 0.416 e. The lowest BCUT2D eigenvalue weighted by atomic mass is 10.1. The number of aromatic nitrogens is 1. The number of alkyl halides is 3. The van der Waals surface area contributed by atoms with E-state index in [1.165, 1.54) is 12.3 Å². The minimum absolute atomic E-state index is 0.352. The van der Waals surface area contributed by atoms with Crippen LogP contribution in [-0.4, -0.2) is 24.6 Å². The lowest BCUT2D eigenvalue weighted by molar-refractivity contribution is -0.137. The van der Waals surface area contributed by atoms with Gasteiger partial charge in [0.25, 0.3) is 0 Å². The Morgan fingerprint density at radius 2 is 1.96 bits per heavy atom. The zero-order valence-corrected chi connectivity index (χ0v) is 14.1. The van der Waals surface area contributed by atoms with Gasteiger partial charge in [0.1, 0.15) is 0 Å². The van der Waals surface area contributed by atoms with E-state index in [4.69, 9.17) is 0 Å². The monoisotopic (exact) mass is 339 g/mol. The van der Waals surface area contributed by atoms with Gasteiger partial charge in [-0.25, -0.2) is 0 Å². The molecule has 0 aliphatic carbocycles. The number of pyridine rings is 1. The third-order valence-electron chi connectivity index (χ3n) is 4.11. The van der Waals surface area contributed by atoms with E-state index < -0.39 is 11.7 Å². The topological polar surface area (TPSA) is 37.0 Å². The van der Waals surface area contributed by atoms with E-state index in [1.54, 1.807) is 6.07 Å². The van der Waals surface area contributed by atoms with E-state index in [0.717, 1.165) is 50.3 Å². The van der Waals surface area contributed by atoms with Gasteiger partial charge in [0.05, 0.1) is 11.1 Å². The summed E-state index contributed by atoms with van der Waals surface area (Å²) in [4.78, 5) is 4.05. The van der Waals surface area contributed by atoms with Crippen molar-refractivity contribution in [2.24, 2.45) is 5.92 Å². The number of fused-ring (bicyclic) bond motifs is 1. The lowest BCUT2D eigenvalue weighted by Crippen LogP contribution is -2.23. The number of anilines is 1. The molecule has 0 amide bonds. The Hall–Kier alpha value is -1.82. The van der Waals surface area contributed by atoms with Crippen molar-refractivity contribution in [3.05, 3.63) is 36.0 Å². The number of nitrogens with zero attached hydrogens (tertiary/aromatic N) is 1. The number of rotatable bonds is 8. The van der Waals surface area contributed by atoms with Crippen molar-refractivity contribution < 1.29 is 13.2 Å². The summed E-state index contributed by atoms with van der Waals surface area (Å²) in [6.07, 6.45) is -0.707. The summed E-state index contributed by atoms with van der Waals surface area (Å²) in [5.74, 6) is 0.671. The highest BCUT2D eigenvalue weighted by atomic mass is 19.4. The average Bonchev–Trinajstić information content (AvgIpc) is 2.56. The van der Waals surface area contributed by atoms with Crippen LogP contribution >= 0.6 is 0 Å². The van der Waals surface area contributed by atoms with Gasteiger partial charge in [0, 0.05) is 23.8 Å². The molecule has 0 aliphatic rings. The van der Waals surface area contributed by atoms with Gasteiger partial charge >= 0.3 is 6.18 Å². The molecule has 3 nitrogen and oxygen atoms in total. The van der Waals surface area contributed by atoms with Gasteiger partial charge in [-0.1, -0.05) is 26.3 Å². The lowest BCUT2D eigenvalue weighted by Gasteiger charge is -2.13. The molecular weight excluding hydrogens is 315 g/mol. The zero-order valence-electron chi connectivity index (χ0n) is 14.1. The number of benzene rings is 1. The van der Waals surface area contributed by atoms with E-state index in [1.807, 2.05) is 0 Å². The van der Waals surface area contributed by atoms with Crippen LogP contribution < -0.4 is 10.6 Å². The smallest absolute Gasteiger partial charge is 0.384 e. The Morgan fingerprint density at radius 3 is 2.67 bits per heavy atom. The first-order valence-electron chi connectivity index (χ1n) is 8.32. The molecule has 1 aromatic heterocycles. The highest BCUT2D eigenvalue weighted by Gasteiger charge is 2.30. The van der Waals surface area contributed by atoms with Crippen LogP contribution in [0.25, 0.3) is 10.9 Å². The van der Waals surface area contributed by atoms with E-state index in [-0.39, 0.29) is 0 Å². The first-order valence-corrected chi connectivity index (χ1v) is 8.32. The molecule has 1 unspecified atom stereocenters. The molecule has 0 saturated heterocycles. The third-order valence-corrected chi connectivity index (χ3v) is 4.11. The van der Waals surface area contributed by atoms with Crippen LogP contribution in [-0.2, 0) is 6.18 Å². The molecule has 0 saturated carbocycles. The Balaban J connectivity index is 1.93. The van der Waals surface area contributed by atoms with Crippen molar-refractivity contribution in [2.75, 3.05) is 25.0 Å². The molecule has 2 rings (SSSR count). The van der Waals surface area contributed by atoms with Crippen molar-refractivity contribution in [2.45, 2.75) is 32.9 Å². The summed E-state index contributed by atoms with van der Waals surface area (Å²) in [5.41, 5.74) is 0.495. The van der Waals surface area contributed by atoms with Crippen molar-refractivity contribution in [3.8, 4) is 0 Å². The quantitative estimate of drug-likeness (QED) is 0.685. The van der Waals surface area contributed by atoms with Gasteiger partial charge in [0.2, 0.25) is 0 Å². The first-order chi connectivity index (χ1) is 11.4. The Labute approximate surface area is 140 Å². The minimum atomic E-state index is -4.35. The minimum Gasteiger partial charge on any atom is -0.384 e. The molecule has 0 fully saturated rings. The summed E-state index contributed by atoms with van der Waals surface area (Å²) >= 11 is 0. The van der Waals surface area contributed by atoms with Crippen molar-refractivity contribution in [1.29, 1.82) is 0 Å². The van der Waals surface area contributed by atoms with Gasteiger partial charge < -0.3 is 10.6 Å². The fourth-order valence-electron chi connectivity index (χ4n) is 2.41. The highest BCUT2D eigenvalue weighted by Crippen LogP contribution is 2.32. The Morgan fingerprint density at radius 1 is 1.17 bits per heavy atom. The van der Waals surface area contributed by atoms with E-state index in [2.05, 4.69) is 29.5 Å². The molecule has 1 heterocycles. The molecule has 0 aliphatic heterocycles. The Bertz CT molecular complexity index is 655. The van der Waals surface area contributed by atoms with Gasteiger partial charge in [-0.2, -0.15) is 13.2 Å². The normalized spacial score (nSPS) is 13.2. The zero-order chi connectivity index (χ0) is 17.6. The van der Waals surface area contributed by atoms with Crippen molar-refractivity contribution in [3.63, 3.8) is 0 Å². The highest BCUT2D eigenvalue weighted by molar-refractivity contribution is 5.91. The molecule has 132 valence electrons. The fourth-order valence-corrected chi connectivity index (χ4v) is 2.41. The van der Waals surface area contributed by atoms with Crippen LogP contribution in [0.3, 0.4) is 0 Å². The molecule has 6 heteroatoms. The van der Waals surface area contributed by atoms with E-state index in [9.17, 15) is 13.2 Å². The summed E-state index contributed by atoms with van der Waals surface area (Å²) in [6.45, 7) is 7.07. The maximum atomic E-state index is 12.8. The summed E-state index contributed by atoms with van der Waals surface area (Å²) in [7, 11) is 0. The Kier molecular flexibility index (Phi) is 6.43. The van der Waals surface area contributed by atoms with Crippen molar-refractivity contribution in [1.82, 2.24) is 10.3 Å². The molecule has 0 spiro atoms. The molecule has 1 aromatic carbocycles. The van der Waals surface area contributed by atoms with Crippen LogP contribution in [0.4, 0.5) is 18.9 Å². The second-order valence-corrected chi connectivity index (χ2v) is 6.09. The number of hydrogen-bond acceptors (Lipinski definition) is 3. The standard InChI is InChI=1S/C18H24F3N3/c1-3-13(2)12-22-8-4-9-23-16-7-10-24-17-11-14(18(19,20)21)5-6-15(16)17/h5-7,10-11,13,22H,3-4,8-9,12H2,1-2H3,(H,23,24). The fraction of sp³-hybridized carbons (Fsp3) is 0.500. The van der Waals surface area contributed by atoms with E-state index in [0.29, 0.717) is 16.8 Å². The van der Waals surface area contributed by atoms with Gasteiger partial charge in [-0.15, -0.1) is 0 Å². The SMILES string of the molecule is CCC(C)CNCCCNc1ccnc2cc(C(F)(F)F)ccc12. The maximum Gasteiger partial charge on any atom is 0.416 e. The summed E-state index contributed by atoms with van der Waals surface area (Å²) < 4.78 is 38.3. The number of nitrogens with one attached hydrogen (secondary N) is 2. The summed E-state index contributed by atoms with van der Waals surface area (Å²) in [5, 5.41) is 7.40. The average molecular weight is 339 g/mol. The van der Waals surface area contributed by atoms with Crippen molar-refractivity contribution >= 4 is 16.6 Å². The maximum absolute atomic E-state index is 12.8. The summed E-state index contributed by atoms with van der Waals surface area (Å²) in [6, 6.07) is 5.47. The van der Waals surface area contributed by atoms with E-state index >= 15 is 0 Å². The molecule has 1 atom stereocenters. The van der Waals surface area contributed by atoms with Crippen LogP contribution in [0, 0.1) is 5.92 Å².